The van der Waals surface area contributed by atoms with Crippen LogP contribution in [0.5, 0.6) is 5.75 Å². The molecule has 0 unspecified atom stereocenters. The number of amides is 1. The Bertz CT molecular complexity index is 1020. The Labute approximate surface area is 182 Å². The predicted molar refractivity (Wildman–Crippen MR) is 122 cm³/mol. The van der Waals surface area contributed by atoms with Crippen LogP contribution >= 0.6 is 0 Å². The lowest BCUT2D eigenvalue weighted by molar-refractivity contribution is -0.117. The molecule has 7 heteroatoms. The van der Waals surface area contributed by atoms with Crippen LogP contribution in [0.2, 0.25) is 0 Å². The van der Waals surface area contributed by atoms with E-state index >= 15 is 0 Å². The molecule has 1 aromatic heterocycles. The number of ether oxygens (including phenoxy) is 1. The van der Waals surface area contributed by atoms with Gasteiger partial charge in [-0.3, -0.25) is 14.7 Å². The molecule has 1 saturated heterocycles. The van der Waals surface area contributed by atoms with Crippen molar-refractivity contribution >= 4 is 28.2 Å². The Kier molecular flexibility index (Phi) is 6.64. The number of likely N-dealkylation sites (tertiary alicyclic amines) is 1. The molecule has 31 heavy (non-hydrogen) atoms. The van der Waals surface area contributed by atoms with Crippen LogP contribution in [-0.4, -0.2) is 53.7 Å². The molecule has 3 aromatic rings. The van der Waals surface area contributed by atoms with E-state index in [1.807, 2.05) is 48.5 Å². The number of nitrogens with zero attached hydrogens (tertiary/aromatic N) is 2. The van der Waals surface area contributed by atoms with Crippen LogP contribution in [0.15, 0.2) is 54.7 Å². The van der Waals surface area contributed by atoms with Gasteiger partial charge in [-0.2, -0.15) is 0 Å². The maximum atomic E-state index is 12.6. The molecule has 7 nitrogen and oxygen atoms in total. The van der Waals surface area contributed by atoms with E-state index in [2.05, 4.69) is 20.5 Å². The molecule has 2 heterocycles. The maximum absolute atomic E-state index is 12.6. The predicted octanol–water partition coefficient (Wildman–Crippen LogP) is 3.25. The van der Waals surface area contributed by atoms with Crippen molar-refractivity contribution < 1.29 is 14.6 Å². The van der Waals surface area contributed by atoms with Gasteiger partial charge in [-0.1, -0.05) is 30.3 Å². The molecule has 0 saturated carbocycles. The molecular formula is C24H28N4O3. The molecule has 3 N–H and O–H groups in total. The highest BCUT2D eigenvalue weighted by molar-refractivity contribution is 6.00. The number of piperidine rings is 1. The molecule has 1 aliphatic heterocycles. The largest absolute Gasteiger partial charge is 0.495 e. The van der Waals surface area contributed by atoms with Gasteiger partial charge >= 0.3 is 0 Å². The number of methoxy groups -OCH3 is 1. The average Bonchev–Trinajstić information content (AvgIpc) is 2.80. The number of para-hydroxylation sites is 2. The second kappa shape index (κ2) is 9.76. The van der Waals surface area contributed by atoms with Crippen molar-refractivity contribution in [2.24, 2.45) is 0 Å². The SMILES string of the molecule is COc1cccc(CO)c1NC1CCN(CC(=O)Nc2cccc3cccnc23)CC1. The summed E-state index contributed by atoms with van der Waals surface area (Å²) in [6.45, 7) is 1.96. The van der Waals surface area contributed by atoms with Crippen molar-refractivity contribution in [1.82, 2.24) is 9.88 Å². The first-order valence-corrected chi connectivity index (χ1v) is 10.6. The summed E-state index contributed by atoms with van der Waals surface area (Å²) in [6, 6.07) is 15.6. The quantitative estimate of drug-likeness (QED) is 0.544. The topological polar surface area (TPSA) is 86.7 Å². The van der Waals surface area contributed by atoms with Crippen molar-refractivity contribution in [2.75, 3.05) is 37.4 Å². The van der Waals surface area contributed by atoms with E-state index in [-0.39, 0.29) is 18.6 Å². The molecule has 1 amide bonds. The number of hydrogen-bond donors (Lipinski definition) is 3. The zero-order valence-electron chi connectivity index (χ0n) is 17.7. The number of anilines is 2. The lowest BCUT2D eigenvalue weighted by Crippen LogP contribution is -2.42. The normalized spacial score (nSPS) is 15.0. The monoisotopic (exact) mass is 420 g/mol. The van der Waals surface area contributed by atoms with E-state index in [4.69, 9.17) is 4.74 Å². The maximum Gasteiger partial charge on any atom is 0.238 e. The number of nitrogens with one attached hydrogen (secondary N) is 2. The van der Waals surface area contributed by atoms with E-state index in [1.54, 1.807) is 13.3 Å². The molecule has 0 atom stereocenters. The van der Waals surface area contributed by atoms with Gasteiger partial charge in [0.1, 0.15) is 5.75 Å². The van der Waals surface area contributed by atoms with Crippen LogP contribution in [0.4, 0.5) is 11.4 Å². The number of carbonyl (C=O) groups is 1. The molecule has 2 aromatic carbocycles. The lowest BCUT2D eigenvalue weighted by Gasteiger charge is -2.33. The zero-order chi connectivity index (χ0) is 21.6. The summed E-state index contributed by atoms with van der Waals surface area (Å²) in [5, 5.41) is 17.2. The summed E-state index contributed by atoms with van der Waals surface area (Å²) in [4.78, 5) is 19.2. The number of rotatable bonds is 7. The molecule has 0 aliphatic carbocycles. The van der Waals surface area contributed by atoms with Crippen LogP contribution in [0.25, 0.3) is 10.9 Å². The zero-order valence-corrected chi connectivity index (χ0v) is 17.7. The van der Waals surface area contributed by atoms with E-state index in [1.165, 1.54) is 0 Å². The highest BCUT2D eigenvalue weighted by atomic mass is 16.5. The Balaban J connectivity index is 1.32. The standard InChI is InChI=1S/C24H28N4O3/c1-31-21-9-3-6-18(16-29)24(21)26-19-10-13-28(14-11-19)15-22(30)27-20-8-2-5-17-7-4-12-25-23(17)20/h2-9,12,19,26,29H,10-11,13-16H2,1H3,(H,27,30). The second-order valence-electron chi connectivity index (χ2n) is 7.78. The van der Waals surface area contributed by atoms with Crippen molar-refractivity contribution in [3.63, 3.8) is 0 Å². The molecule has 4 rings (SSSR count). The fraction of sp³-hybridized carbons (Fsp3) is 0.333. The molecular weight excluding hydrogens is 392 g/mol. The van der Waals surface area contributed by atoms with Crippen molar-refractivity contribution in [2.45, 2.75) is 25.5 Å². The number of hydrogen-bond acceptors (Lipinski definition) is 6. The first-order chi connectivity index (χ1) is 15.2. The van der Waals surface area contributed by atoms with Gasteiger partial charge < -0.3 is 20.5 Å². The Morgan fingerprint density at radius 3 is 2.71 bits per heavy atom. The third kappa shape index (κ3) is 4.95. The van der Waals surface area contributed by atoms with Crippen molar-refractivity contribution in [1.29, 1.82) is 0 Å². The Morgan fingerprint density at radius 1 is 1.16 bits per heavy atom. The van der Waals surface area contributed by atoms with Crippen LogP contribution < -0.4 is 15.4 Å². The third-order valence-corrected chi connectivity index (χ3v) is 5.71. The first-order valence-electron chi connectivity index (χ1n) is 10.6. The van der Waals surface area contributed by atoms with Crippen molar-refractivity contribution in [3.8, 4) is 5.75 Å². The smallest absolute Gasteiger partial charge is 0.238 e. The van der Waals surface area contributed by atoms with Gasteiger partial charge in [0.2, 0.25) is 5.91 Å². The number of aliphatic hydroxyl groups excluding tert-OH is 1. The summed E-state index contributed by atoms with van der Waals surface area (Å²) >= 11 is 0. The van der Waals surface area contributed by atoms with E-state index in [0.29, 0.717) is 6.54 Å². The minimum absolute atomic E-state index is 0.0307. The van der Waals surface area contributed by atoms with Crippen LogP contribution in [0, 0.1) is 0 Å². The molecule has 0 spiro atoms. The molecule has 0 bridgehead atoms. The summed E-state index contributed by atoms with van der Waals surface area (Å²) < 4.78 is 5.45. The van der Waals surface area contributed by atoms with Gasteiger partial charge in [-0.15, -0.1) is 0 Å². The Hall–Kier alpha value is -3.16. The molecule has 1 aliphatic rings. The lowest BCUT2D eigenvalue weighted by atomic mass is 10.0. The fourth-order valence-electron chi connectivity index (χ4n) is 4.08. The summed E-state index contributed by atoms with van der Waals surface area (Å²) in [6.07, 6.45) is 3.55. The minimum atomic E-state index is -0.0401. The average molecular weight is 421 g/mol. The molecule has 0 radical (unpaired) electrons. The van der Waals surface area contributed by atoms with Gasteiger partial charge in [0, 0.05) is 36.3 Å². The van der Waals surface area contributed by atoms with Gasteiger partial charge in [0.25, 0.3) is 0 Å². The first kappa shape index (κ1) is 21.1. The molecule has 1 fully saturated rings. The molecule has 162 valence electrons. The third-order valence-electron chi connectivity index (χ3n) is 5.71. The highest BCUT2D eigenvalue weighted by Gasteiger charge is 2.22. The number of aromatic nitrogens is 1. The number of pyridine rings is 1. The summed E-state index contributed by atoms with van der Waals surface area (Å²) in [5.74, 6) is 0.703. The Morgan fingerprint density at radius 2 is 1.94 bits per heavy atom. The number of fused-ring (bicyclic) bond motifs is 1. The van der Waals surface area contributed by atoms with E-state index < -0.39 is 0 Å². The van der Waals surface area contributed by atoms with Gasteiger partial charge in [0.05, 0.1) is 37.2 Å². The highest BCUT2D eigenvalue weighted by Crippen LogP contribution is 2.30. The summed E-state index contributed by atoms with van der Waals surface area (Å²) in [7, 11) is 1.63. The van der Waals surface area contributed by atoms with Gasteiger partial charge in [-0.05, 0) is 31.0 Å². The van der Waals surface area contributed by atoms with Crippen LogP contribution in [-0.2, 0) is 11.4 Å². The van der Waals surface area contributed by atoms with E-state index in [0.717, 1.165) is 59.5 Å². The summed E-state index contributed by atoms with van der Waals surface area (Å²) in [5.41, 5.74) is 3.22. The fourth-order valence-corrected chi connectivity index (χ4v) is 4.08. The number of benzene rings is 2. The van der Waals surface area contributed by atoms with Gasteiger partial charge in [-0.25, -0.2) is 0 Å². The minimum Gasteiger partial charge on any atom is -0.495 e. The second-order valence-corrected chi connectivity index (χ2v) is 7.78. The number of aliphatic hydroxyl groups is 1. The van der Waals surface area contributed by atoms with Crippen LogP contribution in [0.1, 0.15) is 18.4 Å². The number of carbonyl (C=O) groups excluding carboxylic acids is 1. The van der Waals surface area contributed by atoms with Crippen molar-refractivity contribution in [3.05, 3.63) is 60.3 Å². The van der Waals surface area contributed by atoms with Crippen LogP contribution in [0.3, 0.4) is 0 Å². The van der Waals surface area contributed by atoms with Gasteiger partial charge in [0.15, 0.2) is 0 Å². The van der Waals surface area contributed by atoms with E-state index in [9.17, 15) is 9.90 Å².